The van der Waals surface area contributed by atoms with E-state index in [1.807, 2.05) is 11.8 Å². The number of nitrogens with zero attached hydrogens (tertiary/aromatic N) is 1. The zero-order valence-electron chi connectivity index (χ0n) is 11.6. The van der Waals surface area contributed by atoms with E-state index in [0.29, 0.717) is 25.4 Å². The van der Waals surface area contributed by atoms with Gasteiger partial charge in [0.2, 0.25) is 5.91 Å². The maximum Gasteiger partial charge on any atom is 0.307 e. The molecule has 1 amide bonds. The van der Waals surface area contributed by atoms with Crippen LogP contribution < -0.4 is 0 Å². The predicted molar refractivity (Wildman–Crippen MR) is 70.1 cm³/mol. The van der Waals surface area contributed by atoms with E-state index >= 15 is 0 Å². The number of esters is 1. The fraction of sp³-hybridized carbons (Fsp3) is 0.857. The third kappa shape index (κ3) is 4.67. The lowest BCUT2D eigenvalue weighted by atomic mass is 9.93. The van der Waals surface area contributed by atoms with Crippen LogP contribution in [0.25, 0.3) is 0 Å². The second-order valence-corrected chi connectivity index (χ2v) is 4.96. The van der Waals surface area contributed by atoms with Gasteiger partial charge in [-0.25, -0.2) is 0 Å². The average molecular weight is 255 g/mol. The Hall–Kier alpha value is -1.06. The van der Waals surface area contributed by atoms with Crippen LogP contribution in [-0.4, -0.2) is 36.5 Å². The third-order valence-corrected chi connectivity index (χ3v) is 3.58. The molecule has 4 nitrogen and oxygen atoms in total. The van der Waals surface area contributed by atoms with E-state index in [0.717, 1.165) is 19.3 Å². The Bertz CT molecular complexity index is 272. The lowest BCUT2D eigenvalue weighted by Crippen LogP contribution is -2.42. The van der Waals surface area contributed by atoms with Crippen molar-refractivity contribution in [1.29, 1.82) is 0 Å². The summed E-state index contributed by atoms with van der Waals surface area (Å²) in [6, 6.07) is 0.336. The SMILES string of the molecule is CCCC(=O)N(CCC(=O)OC)C1CCCCC1. The van der Waals surface area contributed by atoms with Crippen LogP contribution in [0.1, 0.15) is 58.3 Å². The lowest BCUT2D eigenvalue weighted by molar-refractivity contribution is -0.142. The van der Waals surface area contributed by atoms with Crippen LogP contribution in [-0.2, 0) is 14.3 Å². The summed E-state index contributed by atoms with van der Waals surface area (Å²) < 4.78 is 4.65. The minimum Gasteiger partial charge on any atom is -0.469 e. The molecule has 0 aromatic carbocycles. The highest BCUT2D eigenvalue weighted by Gasteiger charge is 2.25. The quantitative estimate of drug-likeness (QED) is 0.685. The van der Waals surface area contributed by atoms with Crippen molar-refractivity contribution in [2.75, 3.05) is 13.7 Å². The van der Waals surface area contributed by atoms with Gasteiger partial charge in [0.25, 0.3) is 0 Å². The number of amides is 1. The summed E-state index contributed by atoms with van der Waals surface area (Å²) in [4.78, 5) is 25.3. The van der Waals surface area contributed by atoms with Gasteiger partial charge in [-0.3, -0.25) is 9.59 Å². The van der Waals surface area contributed by atoms with Gasteiger partial charge in [-0.1, -0.05) is 26.2 Å². The first-order valence-corrected chi connectivity index (χ1v) is 7.05. The minimum absolute atomic E-state index is 0.188. The summed E-state index contributed by atoms with van der Waals surface area (Å²) >= 11 is 0. The Labute approximate surface area is 110 Å². The Balaban J connectivity index is 2.55. The fourth-order valence-corrected chi connectivity index (χ4v) is 2.57. The first kappa shape index (κ1) is 15.0. The maximum absolute atomic E-state index is 12.1. The second-order valence-electron chi connectivity index (χ2n) is 4.96. The smallest absolute Gasteiger partial charge is 0.307 e. The van der Waals surface area contributed by atoms with Crippen molar-refractivity contribution in [3.63, 3.8) is 0 Å². The molecule has 1 fully saturated rings. The molecule has 0 radical (unpaired) electrons. The van der Waals surface area contributed by atoms with Crippen LogP contribution in [0.3, 0.4) is 0 Å². The highest BCUT2D eigenvalue weighted by molar-refractivity contribution is 5.77. The molecule has 0 aliphatic heterocycles. The van der Waals surface area contributed by atoms with Crippen LogP contribution in [0.4, 0.5) is 0 Å². The van der Waals surface area contributed by atoms with Gasteiger partial charge in [0.1, 0.15) is 0 Å². The molecule has 0 bridgehead atoms. The molecule has 1 aliphatic rings. The fourth-order valence-electron chi connectivity index (χ4n) is 2.57. The van der Waals surface area contributed by atoms with Gasteiger partial charge in [0, 0.05) is 19.0 Å². The van der Waals surface area contributed by atoms with E-state index < -0.39 is 0 Å². The predicted octanol–water partition coefficient (Wildman–Crippen LogP) is 2.51. The molecule has 0 heterocycles. The van der Waals surface area contributed by atoms with Crippen molar-refractivity contribution < 1.29 is 14.3 Å². The van der Waals surface area contributed by atoms with Gasteiger partial charge in [0.15, 0.2) is 0 Å². The summed E-state index contributed by atoms with van der Waals surface area (Å²) in [5, 5.41) is 0. The zero-order valence-corrected chi connectivity index (χ0v) is 11.6. The maximum atomic E-state index is 12.1. The molecular formula is C14H25NO3. The standard InChI is InChI=1S/C14H25NO3/c1-3-7-13(16)15(11-10-14(17)18-2)12-8-5-4-6-9-12/h12H,3-11H2,1-2H3. The van der Waals surface area contributed by atoms with E-state index in [4.69, 9.17) is 0 Å². The molecule has 104 valence electrons. The van der Waals surface area contributed by atoms with Crippen molar-refractivity contribution in [1.82, 2.24) is 4.90 Å². The number of carbonyl (C=O) groups is 2. The Morgan fingerprint density at radius 2 is 1.83 bits per heavy atom. The zero-order chi connectivity index (χ0) is 13.4. The number of ether oxygens (including phenoxy) is 1. The molecule has 0 N–H and O–H groups in total. The van der Waals surface area contributed by atoms with Crippen LogP contribution in [0.5, 0.6) is 0 Å². The monoisotopic (exact) mass is 255 g/mol. The Morgan fingerprint density at radius 1 is 1.17 bits per heavy atom. The van der Waals surface area contributed by atoms with Crippen LogP contribution in [0, 0.1) is 0 Å². The van der Waals surface area contributed by atoms with Crippen molar-refractivity contribution in [2.24, 2.45) is 0 Å². The van der Waals surface area contributed by atoms with Gasteiger partial charge < -0.3 is 9.64 Å². The van der Waals surface area contributed by atoms with Gasteiger partial charge in [0.05, 0.1) is 13.5 Å². The summed E-state index contributed by atoms with van der Waals surface area (Å²) in [6.07, 6.45) is 7.56. The van der Waals surface area contributed by atoms with Crippen molar-refractivity contribution in [2.45, 2.75) is 64.3 Å². The van der Waals surface area contributed by atoms with Crippen LogP contribution in [0.15, 0.2) is 0 Å². The van der Waals surface area contributed by atoms with Crippen LogP contribution in [0.2, 0.25) is 0 Å². The molecule has 18 heavy (non-hydrogen) atoms. The molecule has 0 spiro atoms. The highest BCUT2D eigenvalue weighted by Crippen LogP contribution is 2.23. The van der Waals surface area contributed by atoms with Crippen molar-refractivity contribution in [3.05, 3.63) is 0 Å². The van der Waals surface area contributed by atoms with E-state index in [-0.39, 0.29) is 11.9 Å². The van der Waals surface area contributed by atoms with E-state index in [9.17, 15) is 9.59 Å². The number of rotatable bonds is 6. The number of methoxy groups -OCH3 is 1. The molecule has 1 aliphatic carbocycles. The number of hydrogen-bond acceptors (Lipinski definition) is 3. The van der Waals surface area contributed by atoms with Crippen molar-refractivity contribution >= 4 is 11.9 Å². The van der Waals surface area contributed by atoms with Gasteiger partial charge in [-0.05, 0) is 19.3 Å². The topological polar surface area (TPSA) is 46.6 Å². The first-order chi connectivity index (χ1) is 8.69. The second kappa shape index (κ2) is 8.11. The molecule has 4 heteroatoms. The van der Waals surface area contributed by atoms with Gasteiger partial charge >= 0.3 is 5.97 Å². The number of hydrogen-bond donors (Lipinski definition) is 0. The van der Waals surface area contributed by atoms with Crippen LogP contribution >= 0.6 is 0 Å². The Morgan fingerprint density at radius 3 is 2.39 bits per heavy atom. The van der Waals surface area contributed by atoms with E-state index in [1.54, 1.807) is 0 Å². The van der Waals surface area contributed by atoms with Gasteiger partial charge in [-0.2, -0.15) is 0 Å². The summed E-state index contributed by atoms with van der Waals surface area (Å²) in [5.74, 6) is -0.0478. The molecule has 0 saturated heterocycles. The molecule has 1 saturated carbocycles. The highest BCUT2D eigenvalue weighted by atomic mass is 16.5. The summed E-state index contributed by atoms with van der Waals surface area (Å²) in [5.41, 5.74) is 0. The largest absolute Gasteiger partial charge is 0.469 e. The third-order valence-electron chi connectivity index (χ3n) is 3.58. The molecule has 0 aromatic heterocycles. The molecule has 0 atom stereocenters. The normalized spacial score (nSPS) is 16.3. The van der Waals surface area contributed by atoms with E-state index in [2.05, 4.69) is 4.74 Å². The summed E-state index contributed by atoms with van der Waals surface area (Å²) in [7, 11) is 1.39. The van der Waals surface area contributed by atoms with E-state index in [1.165, 1.54) is 26.4 Å². The lowest BCUT2D eigenvalue weighted by Gasteiger charge is -2.34. The van der Waals surface area contributed by atoms with Gasteiger partial charge in [-0.15, -0.1) is 0 Å². The average Bonchev–Trinajstić information content (AvgIpc) is 2.40. The Kier molecular flexibility index (Phi) is 6.76. The molecule has 0 unspecified atom stereocenters. The molecule has 1 rings (SSSR count). The molecule has 0 aromatic rings. The molecular weight excluding hydrogens is 230 g/mol. The summed E-state index contributed by atoms with van der Waals surface area (Å²) in [6.45, 7) is 2.52. The first-order valence-electron chi connectivity index (χ1n) is 7.05. The number of carbonyl (C=O) groups excluding carboxylic acids is 2. The van der Waals surface area contributed by atoms with Crippen molar-refractivity contribution in [3.8, 4) is 0 Å². The minimum atomic E-state index is -0.236.